The van der Waals surface area contributed by atoms with Gasteiger partial charge in [0.2, 0.25) is 6.73 Å². The molecule has 5 nitrogen and oxygen atoms in total. The molecule has 5 heteroatoms. The first kappa shape index (κ1) is 14.9. The number of quaternary nitrogens is 1. The summed E-state index contributed by atoms with van der Waals surface area (Å²) in [6, 6.07) is 9.86. The lowest BCUT2D eigenvalue weighted by molar-refractivity contribution is -0.946. The Morgan fingerprint density at radius 3 is 2.83 bits per heavy atom. The zero-order valence-corrected chi connectivity index (χ0v) is 13.8. The van der Waals surface area contributed by atoms with Crippen LogP contribution < -0.4 is 15.3 Å². The monoisotopic (exact) mass is 323 g/mol. The van der Waals surface area contributed by atoms with Crippen LogP contribution >= 0.6 is 0 Å². The van der Waals surface area contributed by atoms with Gasteiger partial charge in [0.05, 0.1) is 11.3 Å². The summed E-state index contributed by atoms with van der Waals surface area (Å²) in [6.45, 7) is 5.85. The highest BCUT2D eigenvalue weighted by molar-refractivity contribution is 5.85. The number of hydrogen-bond acceptors (Lipinski definition) is 4. The first-order valence-electron chi connectivity index (χ1n) is 8.05. The molecule has 0 spiro atoms. The zero-order valence-electron chi connectivity index (χ0n) is 13.8. The van der Waals surface area contributed by atoms with Gasteiger partial charge in [-0.3, -0.25) is 9.88 Å². The number of benzene rings is 1. The lowest BCUT2D eigenvalue weighted by Gasteiger charge is -2.26. The summed E-state index contributed by atoms with van der Waals surface area (Å²) in [6.07, 6.45) is 1.80. The first-order valence-corrected chi connectivity index (χ1v) is 8.05. The van der Waals surface area contributed by atoms with Crippen molar-refractivity contribution in [2.24, 2.45) is 0 Å². The fraction of sp³-hybridized carbons (Fsp3) is 0.263. The minimum Gasteiger partial charge on any atom is -0.445 e. The minimum absolute atomic E-state index is 0.273. The molecule has 122 valence electrons. The number of fused-ring (bicyclic) bond motifs is 3. The molecule has 2 aromatic heterocycles. The van der Waals surface area contributed by atoms with Gasteiger partial charge >= 0.3 is 5.63 Å². The van der Waals surface area contributed by atoms with E-state index in [1.807, 2.05) is 37.3 Å². The van der Waals surface area contributed by atoms with Crippen molar-refractivity contribution in [1.82, 2.24) is 4.98 Å². The van der Waals surface area contributed by atoms with Crippen LogP contribution in [0.5, 0.6) is 5.75 Å². The van der Waals surface area contributed by atoms with Crippen molar-refractivity contribution in [1.29, 1.82) is 0 Å². The van der Waals surface area contributed by atoms with Crippen molar-refractivity contribution in [3.8, 4) is 5.75 Å². The number of nitrogens with zero attached hydrogens (tertiary/aromatic N) is 1. The normalized spacial score (nSPS) is 16.7. The highest BCUT2D eigenvalue weighted by Crippen LogP contribution is 2.30. The zero-order chi connectivity index (χ0) is 16.7. The maximum atomic E-state index is 12.1. The Bertz CT molecular complexity index is 964. The summed E-state index contributed by atoms with van der Waals surface area (Å²) >= 11 is 0. The van der Waals surface area contributed by atoms with Crippen LogP contribution in [0.2, 0.25) is 0 Å². The maximum Gasteiger partial charge on any atom is 0.339 e. The quantitative estimate of drug-likeness (QED) is 0.730. The summed E-state index contributed by atoms with van der Waals surface area (Å²) in [7, 11) is 0. The van der Waals surface area contributed by atoms with Gasteiger partial charge in [-0.1, -0.05) is 6.07 Å². The van der Waals surface area contributed by atoms with E-state index in [0.29, 0.717) is 17.9 Å². The third-order valence-corrected chi connectivity index (χ3v) is 4.70. The largest absolute Gasteiger partial charge is 0.445 e. The predicted molar refractivity (Wildman–Crippen MR) is 90.1 cm³/mol. The fourth-order valence-corrected chi connectivity index (χ4v) is 3.20. The van der Waals surface area contributed by atoms with Crippen LogP contribution in [0.4, 0.5) is 0 Å². The van der Waals surface area contributed by atoms with E-state index in [0.717, 1.165) is 41.0 Å². The van der Waals surface area contributed by atoms with Gasteiger partial charge in [-0.25, -0.2) is 4.79 Å². The first-order chi connectivity index (χ1) is 11.6. The number of aryl methyl sites for hydroxylation is 1. The minimum atomic E-state index is -0.273. The number of hydrogen-bond donors (Lipinski definition) is 1. The average Bonchev–Trinajstić information content (AvgIpc) is 2.60. The Labute approximate surface area is 139 Å². The predicted octanol–water partition coefficient (Wildman–Crippen LogP) is 1.74. The summed E-state index contributed by atoms with van der Waals surface area (Å²) < 4.78 is 11.5. The van der Waals surface area contributed by atoms with E-state index in [2.05, 4.69) is 4.98 Å². The average molecular weight is 323 g/mol. The second-order valence-electron chi connectivity index (χ2n) is 6.27. The molecular formula is C19H19N2O3+. The van der Waals surface area contributed by atoms with Crippen LogP contribution in [0.3, 0.4) is 0 Å². The van der Waals surface area contributed by atoms with Crippen LogP contribution in [0.15, 0.2) is 45.7 Å². The number of aromatic nitrogens is 1. The van der Waals surface area contributed by atoms with Crippen molar-refractivity contribution >= 4 is 11.0 Å². The molecule has 0 saturated heterocycles. The summed E-state index contributed by atoms with van der Waals surface area (Å²) in [5, 5.41) is 0.980. The molecule has 0 fully saturated rings. The molecule has 0 radical (unpaired) electrons. The second kappa shape index (κ2) is 5.76. The third kappa shape index (κ3) is 2.47. The molecule has 24 heavy (non-hydrogen) atoms. The molecule has 0 saturated carbocycles. The van der Waals surface area contributed by atoms with Gasteiger partial charge in [0.1, 0.15) is 18.8 Å². The lowest BCUT2D eigenvalue weighted by atomic mass is 10.0. The molecule has 1 aliphatic rings. The fourth-order valence-electron chi connectivity index (χ4n) is 3.20. The van der Waals surface area contributed by atoms with Crippen molar-refractivity contribution in [3.63, 3.8) is 0 Å². The summed E-state index contributed by atoms with van der Waals surface area (Å²) in [5.41, 5.74) is 4.00. The number of pyridine rings is 1. The van der Waals surface area contributed by atoms with Gasteiger partial charge < -0.3 is 9.15 Å². The second-order valence-corrected chi connectivity index (χ2v) is 6.27. The van der Waals surface area contributed by atoms with Crippen molar-refractivity contribution in [2.75, 3.05) is 6.73 Å². The topological polar surface area (TPSA) is 56.8 Å². The van der Waals surface area contributed by atoms with Crippen LogP contribution in [0.25, 0.3) is 11.0 Å². The van der Waals surface area contributed by atoms with E-state index in [9.17, 15) is 4.79 Å². The van der Waals surface area contributed by atoms with E-state index in [-0.39, 0.29) is 5.63 Å². The van der Waals surface area contributed by atoms with E-state index < -0.39 is 0 Å². The maximum absolute atomic E-state index is 12.1. The van der Waals surface area contributed by atoms with Gasteiger partial charge in [-0.05, 0) is 43.7 Å². The van der Waals surface area contributed by atoms with Gasteiger partial charge in [0, 0.05) is 17.1 Å². The lowest BCUT2D eigenvalue weighted by Crippen LogP contribution is -3.11. The third-order valence-electron chi connectivity index (χ3n) is 4.70. The van der Waals surface area contributed by atoms with Gasteiger partial charge in [0.25, 0.3) is 0 Å². The molecule has 3 heterocycles. The van der Waals surface area contributed by atoms with Crippen LogP contribution in [0, 0.1) is 13.8 Å². The van der Waals surface area contributed by atoms with Crippen molar-refractivity contribution in [3.05, 3.63) is 69.3 Å². The van der Waals surface area contributed by atoms with Crippen molar-refractivity contribution in [2.45, 2.75) is 26.9 Å². The summed E-state index contributed by atoms with van der Waals surface area (Å²) in [4.78, 5) is 17.7. The smallest absolute Gasteiger partial charge is 0.339 e. The molecule has 0 bridgehead atoms. The highest BCUT2D eigenvalue weighted by Gasteiger charge is 2.25. The molecule has 1 aromatic carbocycles. The molecule has 0 amide bonds. The molecule has 0 aliphatic carbocycles. The Kier molecular flexibility index (Phi) is 3.58. The van der Waals surface area contributed by atoms with E-state index in [1.54, 1.807) is 13.1 Å². The van der Waals surface area contributed by atoms with E-state index in [4.69, 9.17) is 9.15 Å². The highest BCUT2D eigenvalue weighted by atomic mass is 16.5. The van der Waals surface area contributed by atoms with Crippen LogP contribution in [-0.4, -0.2) is 11.7 Å². The molecular weight excluding hydrogens is 304 g/mol. The molecule has 1 aliphatic heterocycles. The summed E-state index contributed by atoms with van der Waals surface area (Å²) in [5.74, 6) is 0.804. The van der Waals surface area contributed by atoms with Crippen molar-refractivity contribution < 1.29 is 14.1 Å². The molecule has 3 aromatic rings. The van der Waals surface area contributed by atoms with Gasteiger partial charge in [-0.15, -0.1) is 0 Å². The number of ether oxygens (including phenoxy) is 1. The van der Waals surface area contributed by atoms with Gasteiger partial charge in [-0.2, -0.15) is 0 Å². The Morgan fingerprint density at radius 2 is 2.04 bits per heavy atom. The van der Waals surface area contributed by atoms with Crippen LogP contribution in [-0.2, 0) is 13.1 Å². The number of rotatable bonds is 2. The Morgan fingerprint density at radius 1 is 1.17 bits per heavy atom. The Hall–Kier alpha value is -2.66. The molecule has 1 atom stereocenters. The number of nitrogens with one attached hydrogen (secondary N) is 1. The molecule has 1 unspecified atom stereocenters. The van der Waals surface area contributed by atoms with Gasteiger partial charge in [0.15, 0.2) is 5.58 Å². The molecule has 4 rings (SSSR count). The van der Waals surface area contributed by atoms with E-state index in [1.165, 1.54) is 4.90 Å². The van der Waals surface area contributed by atoms with E-state index >= 15 is 0 Å². The SMILES string of the molecule is Cc1c(C)c2ccc3c(c2oc1=O)C[NH+](Cc1ccccn1)CO3. The van der Waals surface area contributed by atoms with Crippen LogP contribution in [0.1, 0.15) is 22.4 Å². The molecule has 1 N–H and O–H groups in total. The standard InChI is InChI=1S/C19H18N2O3/c1-12-13(2)19(22)24-18-15(12)6-7-17-16(18)10-21(11-23-17)9-14-5-3-4-8-20-14/h3-8H,9-11H2,1-2H3/p+1. The Balaban J connectivity index is 1.75.